The maximum absolute atomic E-state index is 14.7. The van der Waals surface area contributed by atoms with Gasteiger partial charge < -0.3 is 67.7 Å². The maximum Gasteiger partial charge on any atom is 0.330 e. The molecule has 3 aliphatic heterocycles. The molecule has 0 aromatic carbocycles. The molecule has 69 heavy (non-hydrogen) atoms. The number of aliphatic hydroxyl groups is 3. The number of cyclic esters (lactones) is 1. The largest absolute Gasteiger partial charge is 0.459 e. The van der Waals surface area contributed by atoms with Crippen molar-refractivity contribution in [3.8, 4) is 0 Å². The predicted octanol–water partition coefficient (Wildman–Crippen LogP) is 5.98. The summed E-state index contributed by atoms with van der Waals surface area (Å²) in [6.07, 6.45) is -4.99. The van der Waals surface area contributed by atoms with Crippen molar-refractivity contribution in [3.63, 3.8) is 0 Å². The zero-order valence-corrected chi connectivity index (χ0v) is 44.4. The molecule has 398 valence electrons. The fourth-order valence-corrected chi connectivity index (χ4v) is 11.2. The van der Waals surface area contributed by atoms with Crippen LogP contribution in [0.3, 0.4) is 0 Å². The predicted molar refractivity (Wildman–Crippen MR) is 255 cm³/mol. The van der Waals surface area contributed by atoms with E-state index in [9.17, 15) is 29.7 Å². The van der Waals surface area contributed by atoms with Gasteiger partial charge in [0.05, 0.1) is 59.9 Å². The first-order chi connectivity index (χ1) is 32.1. The van der Waals surface area contributed by atoms with E-state index in [1.165, 1.54) is 21.0 Å². The monoisotopic (exact) mass is 985 g/mol. The molecule has 1 aliphatic carbocycles. The normalized spacial score (nSPS) is 42.3. The van der Waals surface area contributed by atoms with Crippen LogP contribution in [0.25, 0.3) is 0 Å². The lowest BCUT2D eigenvalue weighted by atomic mass is 9.73. The lowest BCUT2D eigenvalue weighted by Crippen LogP contribution is -2.62. The van der Waals surface area contributed by atoms with Gasteiger partial charge in [-0.1, -0.05) is 45.9 Å². The number of carbonyl (C=O) groups is 3. The Hall–Kier alpha value is -2.78. The lowest BCUT2D eigenvalue weighted by Gasteiger charge is -2.49. The van der Waals surface area contributed by atoms with Crippen molar-refractivity contribution < 1.29 is 77.2 Å². The van der Waals surface area contributed by atoms with Crippen LogP contribution in [0.4, 0.5) is 0 Å². The Kier molecular flexibility index (Phi) is 20.7. The third-order valence-electron chi connectivity index (χ3n) is 14.9. The minimum atomic E-state index is -2.01. The van der Waals surface area contributed by atoms with E-state index in [0.717, 1.165) is 25.3 Å². The van der Waals surface area contributed by atoms with Crippen LogP contribution in [-0.2, 0) is 61.9 Å². The van der Waals surface area contributed by atoms with E-state index in [1.54, 1.807) is 48.5 Å². The zero-order chi connectivity index (χ0) is 52.0. The van der Waals surface area contributed by atoms with E-state index >= 15 is 0 Å². The van der Waals surface area contributed by atoms with E-state index in [1.807, 2.05) is 46.7 Å². The van der Waals surface area contributed by atoms with E-state index in [2.05, 4.69) is 6.58 Å². The Morgan fingerprint density at radius 1 is 0.928 bits per heavy atom. The molecule has 18 heteroatoms. The van der Waals surface area contributed by atoms with Crippen LogP contribution in [0.1, 0.15) is 148 Å². The molecule has 3 N–H and O–H groups in total. The second kappa shape index (κ2) is 24.3. The first-order valence-electron chi connectivity index (χ1n) is 25.2. The fraction of sp³-hybridized carbons (Fsp3) is 0.882. The van der Waals surface area contributed by atoms with Crippen LogP contribution < -0.4 is 0 Å². The zero-order valence-electron chi connectivity index (χ0n) is 44.4. The molecule has 0 aromatic heterocycles. The molecular formula is C51H88N2O16. The van der Waals surface area contributed by atoms with Crippen LogP contribution in [-0.4, -0.2) is 161 Å². The van der Waals surface area contributed by atoms with Crippen molar-refractivity contribution in [2.24, 2.45) is 28.8 Å². The van der Waals surface area contributed by atoms with Crippen molar-refractivity contribution in [1.82, 2.24) is 4.90 Å². The number of carbonyl (C=O) groups excluding carboxylic acids is 3. The number of aliphatic hydroxyl groups excluding tert-OH is 1. The average molecular weight is 985 g/mol. The van der Waals surface area contributed by atoms with Gasteiger partial charge in [-0.3, -0.25) is 9.59 Å². The smallest absolute Gasteiger partial charge is 0.330 e. The van der Waals surface area contributed by atoms with Gasteiger partial charge in [0.1, 0.15) is 17.3 Å². The maximum atomic E-state index is 14.7. The number of methoxy groups -OCH3 is 1. The number of ether oxygens (including phenoxy) is 9. The SMILES string of the molecule is C=CC(=O)O[C@H]1[C@H](C)OC(O[C@H]2[C@H](C)[C@@H](OC3O[C@H](C)C[C@H](N(C)C)[C@H]3OC(C)=O)[C@](C)(O)C[C@@H](C)/C(=N\OC3(OC(C)C)CCCCC3)[C@H](C)[C@@H](O)[C@](C)(O)[C@@H](CC)OC(=O)[C@@H]2C)C[C@@]1(C)OC. The van der Waals surface area contributed by atoms with Gasteiger partial charge in [-0.25, -0.2) is 4.79 Å². The molecule has 4 aliphatic rings. The summed E-state index contributed by atoms with van der Waals surface area (Å²) >= 11 is 0. The van der Waals surface area contributed by atoms with Gasteiger partial charge in [-0.2, -0.15) is 0 Å². The number of hydrogen-bond donors (Lipinski definition) is 3. The number of esters is 3. The molecule has 0 aromatic rings. The van der Waals surface area contributed by atoms with Crippen LogP contribution >= 0.6 is 0 Å². The Bertz CT molecular complexity index is 1730. The van der Waals surface area contributed by atoms with Gasteiger partial charge in [0, 0.05) is 57.1 Å². The van der Waals surface area contributed by atoms with Gasteiger partial charge in [-0.05, 0) is 102 Å². The Balaban J connectivity index is 1.95. The third kappa shape index (κ3) is 14.3. The number of rotatable bonds is 14. The highest BCUT2D eigenvalue weighted by atomic mass is 16.8. The van der Waals surface area contributed by atoms with Crippen molar-refractivity contribution >= 4 is 23.6 Å². The number of likely N-dealkylation sites (N-methyl/N-ethyl adjacent to an activating group) is 1. The molecule has 4 rings (SSSR count). The summed E-state index contributed by atoms with van der Waals surface area (Å²) in [5.41, 5.74) is -4.65. The molecular weight excluding hydrogens is 897 g/mol. The van der Waals surface area contributed by atoms with Crippen molar-refractivity contribution in [1.29, 1.82) is 0 Å². The highest BCUT2D eigenvalue weighted by Crippen LogP contribution is 2.43. The van der Waals surface area contributed by atoms with E-state index < -0.39 is 119 Å². The Labute approximate surface area is 411 Å². The Morgan fingerprint density at radius 2 is 1.57 bits per heavy atom. The summed E-state index contributed by atoms with van der Waals surface area (Å²) in [6.45, 7) is 25.8. The van der Waals surface area contributed by atoms with Gasteiger partial charge in [-0.15, -0.1) is 0 Å². The van der Waals surface area contributed by atoms with Gasteiger partial charge in [0.2, 0.25) is 5.79 Å². The molecule has 3 heterocycles. The molecule has 18 atom stereocenters. The average Bonchev–Trinajstić information content (AvgIpc) is 3.26. The minimum absolute atomic E-state index is 0.0351. The van der Waals surface area contributed by atoms with E-state index in [0.29, 0.717) is 25.0 Å². The first-order valence-corrected chi connectivity index (χ1v) is 25.2. The van der Waals surface area contributed by atoms with Gasteiger partial charge in [0.15, 0.2) is 24.8 Å². The van der Waals surface area contributed by atoms with Gasteiger partial charge in [0.25, 0.3) is 0 Å². The van der Waals surface area contributed by atoms with Crippen LogP contribution in [0, 0.1) is 23.7 Å². The molecule has 2 unspecified atom stereocenters. The van der Waals surface area contributed by atoms with Crippen molar-refractivity contribution in [3.05, 3.63) is 12.7 Å². The fourth-order valence-electron chi connectivity index (χ4n) is 11.2. The standard InChI is InChI=1S/C51H88N2O16/c1-18-37-50(14,59)43(56)31(7)40(52-69-51(68-28(3)4)23-21-20-22-24-51)29(5)26-48(12,58)44(67-47-42(63-35(11)54)36(53(15)16)25-30(6)61-47)32(8)41(33(9)46(57)64-37)66-39-27-49(13,60-17)45(34(10)62-39)65-38(55)19-2/h19,28-34,36-37,39,41-45,47,56,58-59H,2,18,20-27H2,1,3-17H3/b52-40+/t29-,30-,31+,32+,33-,34+,36+,37-,39?,41+,42-,43-,44-,45+,47?,48-,49-,50-/m1/s1. The van der Waals surface area contributed by atoms with Crippen molar-refractivity contribution in [2.45, 2.75) is 244 Å². The highest BCUT2D eigenvalue weighted by molar-refractivity contribution is 5.89. The number of oxime groups is 1. The molecule has 0 bridgehead atoms. The van der Waals surface area contributed by atoms with Crippen LogP contribution in [0.2, 0.25) is 0 Å². The molecule has 1 saturated carbocycles. The minimum Gasteiger partial charge on any atom is -0.459 e. The van der Waals surface area contributed by atoms with Crippen LogP contribution in [0.15, 0.2) is 17.8 Å². The van der Waals surface area contributed by atoms with Crippen LogP contribution in [0.5, 0.6) is 0 Å². The highest BCUT2D eigenvalue weighted by Gasteiger charge is 2.55. The molecule has 3 saturated heterocycles. The topological polar surface area (TPSA) is 220 Å². The summed E-state index contributed by atoms with van der Waals surface area (Å²) in [4.78, 5) is 48.3. The van der Waals surface area contributed by atoms with E-state index in [4.69, 9.17) is 52.6 Å². The molecule has 0 amide bonds. The van der Waals surface area contributed by atoms with Gasteiger partial charge >= 0.3 is 17.9 Å². The molecule has 0 radical (unpaired) electrons. The second-order valence-corrected chi connectivity index (χ2v) is 21.5. The first kappa shape index (κ1) is 58.8. The lowest BCUT2D eigenvalue weighted by molar-refractivity contribution is -0.319. The summed E-state index contributed by atoms with van der Waals surface area (Å²) in [6, 6.07) is -0.342. The second-order valence-electron chi connectivity index (χ2n) is 21.5. The molecule has 0 spiro atoms. The quantitative estimate of drug-likeness (QED) is 0.0599. The summed E-state index contributed by atoms with van der Waals surface area (Å²) in [7, 11) is 5.24. The third-order valence-corrected chi connectivity index (χ3v) is 14.9. The molecule has 4 fully saturated rings. The number of hydrogen-bond acceptors (Lipinski definition) is 18. The molecule has 18 nitrogen and oxygen atoms in total. The summed E-state index contributed by atoms with van der Waals surface area (Å²) < 4.78 is 57.1. The Morgan fingerprint density at radius 3 is 2.12 bits per heavy atom. The summed E-state index contributed by atoms with van der Waals surface area (Å²) in [5, 5.41) is 42.6. The summed E-state index contributed by atoms with van der Waals surface area (Å²) in [5.74, 6) is -6.63. The number of nitrogens with zero attached hydrogens (tertiary/aromatic N) is 2. The van der Waals surface area contributed by atoms with Crippen molar-refractivity contribution in [2.75, 3.05) is 21.2 Å². The van der Waals surface area contributed by atoms with E-state index in [-0.39, 0.29) is 37.5 Å².